The van der Waals surface area contributed by atoms with Gasteiger partial charge in [0.1, 0.15) is 5.82 Å². The lowest BCUT2D eigenvalue weighted by Crippen LogP contribution is -2.30. The Hall–Kier alpha value is -0.450. The average molecular weight is 344 g/mol. The lowest BCUT2D eigenvalue weighted by molar-refractivity contribution is 0.00869. The largest absolute Gasteiger partial charge is 0.378 e. The SMILES string of the molecule is CNC(CCC1CCCCO1)Cc1cc(Br)ccc1F. The highest BCUT2D eigenvalue weighted by Gasteiger charge is 2.17. The standard InChI is InChI=1S/C16H23BrFNO/c1-19-14(6-7-15-4-2-3-9-20-15)11-12-10-13(17)5-8-16(12)18/h5,8,10,14-15,19H,2-4,6-7,9,11H2,1H3. The second kappa shape index (κ2) is 8.11. The molecule has 1 aromatic carbocycles. The molecule has 1 aliphatic heterocycles. The summed E-state index contributed by atoms with van der Waals surface area (Å²) in [5.41, 5.74) is 0.767. The highest BCUT2D eigenvalue weighted by molar-refractivity contribution is 9.10. The van der Waals surface area contributed by atoms with Crippen molar-refractivity contribution in [1.82, 2.24) is 5.32 Å². The van der Waals surface area contributed by atoms with Crippen LogP contribution in [0.25, 0.3) is 0 Å². The van der Waals surface area contributed by atoms with Gasteiger partial charge in [-0.25, -0.2) is 4.39 Å². The number of likely N-dealkylation sites (N-methyl/N-ethyl adjacent to an activating group) is 1. The van der Waals surface area contributed by atoms with Gasteiger partial charge < -0.3 is 10.1 Å². The number of rotatable bonds is 6. The molecular weight excluding hydrogens is 321 g/mol. The number of benzene rings is 1. The molecule has 1 aliphatic rings. The number of halogens is 2. The van der Waals surface area contributed by atoms with Crippen molar-refractivity contribution in [3.8, 4) is 0 Å². The van der Waals surface area contributed by atoms with Crippen LogP contribution in [0.3, 0.4) is 0 Å². The van der Waals surface area contributed by atoms with Gasteiger partial charge in [-0.3, -0.25) is 0 Å². The summed E-state index contributed by atoms with van der Waals surface area (Å²) in [4.78, 5) is 0. The van der Waals surface area contributed by atoms with E-state index in [-0.39, 0.29) is 5.82 Å². The molecule has 2 atom stereocenters. The third-order valence-electron chi connectivity index (χ3n) is 3.99. The molecule has 1 heterocycles. The Morgan fingerprint density at radius 2 is 2.30 bits per heavy atom. The summed E-state index contributed by atoms with van der Waals surface area (Å²) in [6, 6.07) is 5.43. The zero-order valence-electron chi connectivity index (χ0n) is 12.0. The summed E-state index contributed by atoms with van der Waals surface area (Å²) < 4.78 is 20.5. The van der Waals surface area contributed by atoms with Crippen LogP contribution in [0.15, 0.2) is 22.7 Å². The van der Waals surface area contributed by atoms with E-state index in [1.807, 2.05) is 13.1 Å². The van der Waals surface area contributed by atoms with Gasteiger partial charge in [-0.05, 0) is 69.3 Å². The Morgan fingerprint density at radius 3 is 3.00 bits per heavy atom. The normalized spacial score (nSPS) is 20.9. The molecular formula is C16H23BrFNO. The number of ether oxygens (including phenoxy) is 1. The molecule has 112 valence electrons. The molecule has 0 amide bonds. The van der Waals surface area contributed by atoms with Gasteiger partial charge in [-0.1, -0.05) is 15.9 Å². The smallest absolute Gasteiger partial charge is 0.126 e. The number of hydrogen-bond acceptors (Lipinski definition) is 2. The van der Waals surface area contributed by atoms with E-state index in [0.717, 1.165) is 29.5 Å². The summed E-state index contributed by atoms with van der Waals surface area (Å²) in [6.07, 6.45) is 6.82. The highest BCUT2D eigenvalue weighted by Crippen LogP contribution is 2.21. The summed E-state index contributed by atoms with van der Waals surface area (Å²) in [5, 5.41) is 3.30. The predicted molar refractivity (Wildman–Crippen MR) is 83.5 cm³/mol. The van der Waals surface area contributed by atoms with E-state index in [2.05, 4.69) is 21.2 Å². The highest BCUT2D eigenvalue weighted by atomic mass is 79.9. The molecule has 0 radical (unpaired) electrons. The van der Waals surface area contributed by atoms with Crippen LogP contribution in [0.5, 0.6) is 0 Å². The molecule has 2 rings (SSSR count). The monoisotopic (exact) mass is 343 g/mol. The Labute approximate surface area is 129 Å². The van der Waals surface area contributed by atoms with Gasteiger partial charge >= 0.3 is 0 Å². The van der Waals surface area contributed by atoms with Crippen LogP contribution in [0, 0.1) is 5.82 Å². The minimum Gasteiger partial charge on any atom is -0.378 e. The number of nitrogens with one attached hydrogen (secondary N) is 1. The van der Waals surface area contributed by atoms with Crippen LogP contribution < -0.4 is 5.32 Å². The van der Waals surface area contributed by atoms with Crippen molar-refractivity contribution in [3.63, 3.8) is 0 Å². The third kappa shape index (κ3) is 4.83. The van der Waals surface area contributed by atoms with Gasteiger partial charge in [0, 0.05) is 17.1 Å². The lowest BCUT2D eigenvalue weighted by atomic mass is 9.97. The van der Waals surface area contributed by atoms with Crippen LogP contribution in [0.4, 0.5) is 4.39 Å². The van der Waals surface area contributed by atoms with Crippen molar-refractivity contribution < 1.29 is 9.13 Å². The van der Waals surface area contributed by atoms with E-state index < -0.39 is 0 Å². The molecule has 4 heteroatoms. The van der Waals surface area contributed by atoms with Gasteiger partial charge in [-0.15, -0.1) is 0 Å². The van der Waals surface area contributed by atoms with Crippen molar-refractivity contribution in [1.29, 1.82) is 0 Å². The maximum atomic E-state index is 13.8. The van der Waals surface area contributed by atoms with Gasteiger partial charge in [0.05, 0.1) is 6.10 Å². The minimum absolute atomic E-state index is 0.123. The molecule has 1 fully saturated rings. The quantitative estimate of drug-likeness (QED) is 0.840. The van der Waals surface area contributed by atoms with E-state index in [9.17, 15) is 4.39 Å². The van der Waals surface area contributed by atoms with Crippen LogP contribution in [0.1, 0.15) is 37.7 Å². The average Bonchev–Trinajstić information content (AvgIpc) is 2.48. The first-order valence-corrected chi connectivity index (χ1v) is 8.21. The fraction of sp³-hybridized carbons (Fsp3) is 0.625. The van der Waals surface area contributed by atoms with E-state index in [1.165, 1.54) is 25.3 Å². The molecule has 1 N–H and O–H groups in total. The molecule has 0 aliphatic carbocycles. The molecule has 0 bridgehead atoms. The van der Waals surface area contributed by atoms with Crippen molar-refractivity contribution >= 4 is 15.9 Å². The maximum Gasteiger partial charge on any atom is 0.126 e. The molecule has 0 spiro atoms. The second-order valence-electron chi connectivity index (χ2n) is 5.49. The summed E-state index contributed by atoms with van der Waals surface area (Å²) in [7, 11) is 1.95. The summed E-state index contributed by atoms with van der Waals surface area (Å²) >= 11 is 3.40. The van der Waals surface area contributed by atoms with Crippen LogP contribution >= 0.6 is 15.9 Å². The molecule has 20 heavy (non-hydrogen) atoms. The molecule has 0 aromatic heterocycles. The molecule has 2 nitrogen and oxygen atoms in total. The van der Waals surface area contributed by atoms with Crippen LogP contribution in [-0.2, 0) is 11.2 Å². The van der Waals surface area contributed by atoms with Crippen LogP contribution in [0.2, 0.25) is 0 Å². The topological polar surface area (TPSA) is 21.3 Å². The molecule has 0 saturated carbocycles. The van der Waals surface area contributed by atoms with Crippen molar-refractivity contribution in [2.24, 2.45) is 0 Å². The van der Waals surface area contributed by atoms with E-state index in [4.69, 9.17) is 4.74 Å². The summed E-state index contributed by atoms with van der Waals surface area (Å²) in [5.74, 6) is -0.123. The molecule has 1 saturated heterocycles. The molecule has 2 unspecified atom stereocenters. The Morgan fingerprint density at radius 1 is 1.45 bits per heavy atom. The molecule has 1 aromatic rings. The fourth-order valence-electron chi connectivity index (χ4n) is 2.74. The Bertz CT molecular complexity index is 421. The summed E-state index contributed by atoms with van der Waals surface area (Å²) in [6.45, 7) is 0.898. The first-order valence-electron chi connectivity index (χ1n) is 7.42. The zero-order chi connectivity index (χ0) is 14.4. The van der Waals surface area contributed by atoms with E-state index >= 15 is 0 Å². The maximum absolute atomic E-state index is 13.8. The fourth-order valence-corrected chi connectivity index (χ4v) is 3.14. The zero-order valence-corrected chi connectivity index (χ0v) is 13.6. The van der Waals surface area contributed by atoms with Gasteiger partial charge in [0.25, 0.3) is 0 Å². The second-order valence-corrected chi connectivity index (χ2v) is 6.41. The van der Waals surface area contributed by atoms with E-state index in [1.54, 1.807) is 6.07 Å². The van der Waals surface area contributed by atoms with Crippen LogP contribution in [-0.4, -0.2) is 25.8 Å². The minimum atomic E-state index is -0.123. The van der Waals surface area contributed by atoms with Gasteiger partial charge in [-0.2, -0.15) is 0 Å². The van der Waals surface area contributed by atoms with Crippen molar-refractivity contribution in [2.45, 2.75) is 50.7 Å². The number of hydrogen-bond donors (Lipinski definition) is 1. The lowest BCUT2D eigenvalue weighted by Gasteiger charge is -2.25. The third-order valence-corrected chi connectivity index (χ3v) is 4.49. The van der Waals surface area contributed by atoms with Gasteiger partial charge in [0.15, 0.2) is 0 Å². The Balaban J connectivity index is 1.86. The van der Waals surface area contributed by atoms with E-state index in [0.29, 0.717) is 18.6 Å². The first kappa shape index (κ1) is 15.9. The van der Waals surface area contributed by atoms with Crippen molar-refractivity contribution in [2.75, 3.05) is 13.7 Å². The Kier molecular flexibility index (Phi) is 6.46. The first-order chi connectivity index (χ1) is 9.69. The predicted octanol–water partition coefficient (Wildman–Crippen LogP) is 4.07. The van der Waals surface area contributed by atoms with Gasteiger partial charge in [0.2, 0.25) is 0 Å². The van der Waals surface area contributed by atoms with Crippen molar-refractivity contribution in [3.05, 3.63) is 34.1 Å².